The maximum absolute atomic E-state index is 13.1. The molecule has 0 radical (unpaired) electrons. The van der Waals surface area contributed by atoms with E-state index in [4.69, 9.17) is 37.3 Å². The van der Waals surface area contributed by atoms with E-state index in [1.54, 1.807) is 0 Å². The summed E-state index contributed by atoms with van der Waals surface area (Å²) in [5.74, 6) is -1.19. The summed E-state index contributed by atoms with van der Waals surface area (Å²) < 4.78 is 43.5. The summed E-state index contributed by atoms with van der Waals surface area (Å²) in [4.78, 5) is 26.1. The molecule has 0 aliphatic carbocycles. The standard InChI is InChI=1S/C28H30O17/c1-7-15(29)18(32)20(34)27(41-7)40-6-12-16(30)19(33)21(35)28(43-12)42-10-4-8-13-14-9(25(36)44-23(13)17(10)31)5-11(38-2)22(39-3)24(14)45-26(8)37/h4-5,7,12,15-16,18-21,27-35H,6H2,1-3H3/t7-,12+,15-,16+,18+,19-,20+,21+,27+,28+/m0/s1. The highest BCUT2D eigenvalue weighted by Gasteiger charge is 2.47. The number of phenols is 1. The van der Waals surface area contributed by atoms with E-state index in [2.05, 4.69) is 0 Å². The zero-order chi connectivity index (χ0) is 32.5. The summed E-state index contributed by atoms with van der Waals surface area (Å²) in [5.41, 5.74) is -2.47. The van der Waals surface area contributed by atoms with Crippen LogP contribution in [0.15, 0.2) is 30.6 Å². The number of aromatic hydroxyl groups is 1. The molecule has 2 aromatic heterocycles. The van der Waals surface area contributed by atoms with Crippen LogP contribution in [0, 0.1) is 0 Å². The lowest BCUT2D eigenvalue weighted by Gasteiger charge is -2.42. The van der Waals surface area contributed by atoms with Crippen LogP contribution in [0.1, 0.15) is 6.92 Å². The number of benzene rings is 2. The van der Waals surface area contributed by atoms with E-state index in [-0.39, 0.29) is 38.6 Å². The predicted molar refractivity (Wildman–Crippen MR) is 148 cm³/mol. The van der Waals surface area contributed by atoms with Crippen LogP contribution in [0.3, 0.4) is 0 Å². The van der Waals surface area contributed by atoms with Gasteiger partial charge in [-0.2, -0.15) is 0 Å². The summed E-state index contributed by atoms with van der Waals surface area (Å²) in [6, 6.07) is 2.38. The summed E-state index contributed by atoms with van der Waals surface area (Å²) in [5, 5.41) is 72.8. The molecule has 4 heterocycles. The third-order valence-corrected chi connectivity index (χ3v) is 8.07. The fraction of sp³-hybridized carbons (Fsp3) is 0.500. The van der Waals surface area contributed by atoms with E-state index in [0.717, 1.165) is 6.07 Å². The first kappa shape index (κ1) is 31.2. The smallest absolute Gasteiger partial charge is 0.344 e. The average Bonchev–Trinajstić information content (AvgIpc) is 3.02. The molecule has 0 unspecified atom stereocenters. The Morgan fingerprint density at radius 2 is 1.29 bits per heavy atom. The highest BCUT2D eigenvalue weighted by Crippen LogP contribution is 2.46. The van der Waals surface area contributed by atoms with Crippen LogP contribution in [0.2, 0.25) is 0 Å². The third kappa shape index (κ3) is 4.93. The monoisotopic (exact) mass is 638 g/mol. The normalized spacial score (nSPS) is 32.4. The molecule has 4 aromatic rings. The molecule has 0 spiro atoms. The molecule has 0 saturated carbocycles. The first-order valence-electron chi connectivity index (χ1n) is 13.7. The molecule has 17 heteroatoms. The lowest BCUT2D eigenvalue weighted by molar-refractivity contribution is -0.318. The van der Waals surface area contributed by atoms with Crippen molar-refractivity contribution in [2.45, 2.75) is 68.3 Å². The van der Waals surface area contributed by atoms with E-state index < -0.39 is 96.4 Å². The van der Waals surface area contributed by atoms with Crippen LogP contribution in [-0.4, -0.2) is 118 Å². The van der Waals surface area contributed by atoms with Gasteiger partial charge in [0.05, 0.1) is 37.7 Å². The van der Waals surface area contributed by atoms with Crippen molar-refractivity contribution < 1.29 is 73.0 Å². The van der Waals surface area contributed by atoms with Gasteiger partial charge in [-0.1, -0.05) is 0 Å². The van der Waals surface area contributed by atoms with Crippen molar-refractivity contribution >= 4 is 32.7 Å². The molecule has 45 heavy (non-hydrogen) atoms. The van der Waals surface area contributed by atoms with Gasteiger partial charge in [0.1, 0.15) is 42.7 Å². The van der Waals surface area contributed by atoms with Gasteiger partial charge in [0.15, 0.2) is 29.0 Å². The fourth-order valence-corrected chi connectivity index (χ4v) is 5.60. The van der Waals surface area contributed by atoms with Crippen molar-refractivity contribution in [2.75, 3.05) is 20.8 Å². The van der Waals surface area contributed by atoms with Crippen LogP contribution in [0.4, 0.5) is 0 Å². The first-order valence-corrected chi connectivity index (χ1v) is 13.7. The summed E-state index contributed by atoms with van der Waals surface area (Å²) in [7, 11) is 2.63. The lowest BCUT2D eigenvalue weighted by Crippen LogP contribution is -2.61. The van der Waals surface area contributed by atoms with Crippen LogP contribution < -0.4 is 25.5 Å². The second kappa shape index (κ2) is 11.5. The molecular weight excluding hydrogens is 608 g/mol. The van der Waals surface area contributed by atoms with E-state index in [1.165, 1.54) is 27.2 Å². The maximum atomic E-state index is 13.1. The van der Waals surface area contributed by atoms with Gasteiger partial charge >= 0.3 is 11.3 Å². The highest BCUT2D eigenvalue weighted by atomic mass is 16.7. The number of phenolic OH excluding ortho intramolecular Hbond substituents is 1. The summed E-state index contributed by atoms with van der Waals surface area (Å²) in [6.07, 6.45) is -15.8. The number of methoxy groups -OCH3 is 2. The Morgan fingerprint density at radius 1 is 0.711 bits per heavy atom. The molecule has 2 aromatic carbocycles. The van der Waals surface area contributed by atoms with Crippen molar-refractivity contribution in [1.29, 1.82) is 0 Å². The van der Waals surface area contributed by atoms with Crippen molar-refractivity contribution in [3.8, 4) is 23.0 Å². The topological polar surface area (TPSA) is 257 Å². The Labute approximate surface area is 251 Å². The van der Waals surface area contributed by atoms with Crippen LogP contribution in [0.5, 0.6) is 23.0 Å². The SMILES string of the molecule is COc1cc2c(=O)oc3c(O)c(O[C@@H]4O[C@H](CO[C@@H]5O[C@@H](C)[C@H](O)[C@@H](O)[C@H]5O)[C@@H](O)[C@H](O)[C@H]4O)cc4c(=O)oc(c1OC)c2c34. The zero-order valence-corrected chi connectivity index (χ0v) is 23.8. The zero-order valence-electron chi connectivity index (χ0n) is 23.8. The molecular formula is C28H30O17. The first-order chi connectivity index (χ1) is 21.4. The third-order valence-electron chi connectivity index (χ3n) is 8.07. The van der Waals surface area contributed by atoms with Gasteiger partial charge in [0, 0.05) is 10.8 Å². The van der Waals surface area contributed by atoms with Crippen LogP contribution in [-0.2, 0) is 14.2 Å². The predicted octanol–water partition coefficient (Wildman–Crippen LogP) is -1.76. The van der Waals surface area contributed by atoms with Crippen molar-refractivity contribution in [3.05, 3.63) is 33.0 Å². The lowest BCUT2D eigenvalue weighted by atomic mass is 9.98. The molecule has 10 atom stereocenters. The molecule has 244 valence electrons. The number of ether oxygens (including phenoxy) is 6. The number of aliphatic hydroxyl groups excluding tert-OH is 6. The fourth-order valence-electron chi connectivity index (χ4n) is 5.60. The van der Waals surface area contributed by atoms with Gasteiger partial charge in [-0.05, 0) is 19.1 Å². The minimum absolute atomic E-state index is 0.000992. The maximum Gasteiger partial charge on any atom is 0.344 e. The van der Waals surface area contributed by atoms with E-state index in [9.17, 15) is 45.3 Å². The second-order valence-electron chi connectivity index (χ2n) is 10.8. The minimum atomic E-state index is -1.91. The average molecular weight is 639 g/mol. The molecule has 7 N–H and O–H groups in total. The molecule has 2 aliphatic rings. The van der Waals surface area contributed by atoms with Crippen molar-refractivity contribution in [2.24, 2.45) is 0 Å². The molecule has 2 fully saturated rings. The van der Waals surface area contributed by atoms with Gasteiger partial charge in [-0.15, -0.1) is 0 Å². The number of rotatable bonds is 7. The molecule has 17 nitrogen and oxygen atoms in total. The molecule has 0 bridgehead atoms. The number of aliphatic hydroxyl groups is 6. The Balaban J connectivity index is 1.34. The van der Waals surface area contributed by atoms with E-state index in [1.807, 2.05) is 0 Å². The van der Waals surface area contributed by atoms with Gasteiger partial charge in [-0.3, -0.25) is 0 Å². The Bertz CT molecular complexity index is 1830. The molecule has 6 rings (SSSR count). The number of hydrogen-bond donors (Lipinski definition) is 7. The van der Waals surface area contributed by atoms with Gasteiger partial charge in [0.25, 0.3) is 0 Å². The summed E-state index contributed by atoms with van der Waals surface area (Å²) in [6.45, 7) is 0.864. The largest absolute Gasteiger partial charge is 0.502 e. The quantitative estimate of drug-likeness (QED) is 0.0874. The van der Waals surface area contributed by atoms with Crippen molar-refractivity contribution in [3.63, 3.8) is 0 Å². The Morgan fingerprint density at radius 3 is 1.93 bits per heavy atom. The minimum Gasteiger partial charge on any atom is -0.502 e. The summed E-state index contributed by atoms with van der Waals surface area (Å²) >= 11 is 0. The van der Waals surface area contributed by atoms with Crippen LogP contribution >= 0.6 is 0 Å². The second-order valence-corrected chi connectivity index (χ2v) is 10.8. The van der Waals surface area contributed by atoms with Gasteiger partial charge in [-0.25, -0.2) is 9.59 Å². The van der Waals surface area contributed by atoms with Gasteiger partial charge in [0.2, 0.25) is 17.8 Å². The Kier molecular flexibility index (Phi) is 8.00. The highest BCUT2D eigenvalue weighted by molar-refractivity contribution is 6.22. The van der Waals surface area contributed by atoms with Gasteiger partial charge < -0.3 is 73.0 Å². The van der Waals surface area contributed by atoms with Crippen LogP contribution in [0.25, 0.3) is 32.7 Å². The van der Waals surface area contributed by atoms with E-state index in [0.29, 0.717) is 0 Å². The van der Waals surface area contributed by atoms with E-state index >= 15 is 0 Å². The van der Waals surface area contributed by atoms with Crippen molar-refractivity contribution in [1.82, 2.24) is 0 Å². The molecule has 0 amide bonds. The Hall–Kier alpha value is -3.78. The molecule has 2 aliphatic heterocycles. The molecule has 2 saturated heterocycles. The number of hydrogen-bond acceptors (Lipinski definition) is 17.